The Hall–Kier alpha value is -3.66. The number of rotatable bonds is 7. The van der Waals surface area contributed by atoms with Crippen molar-refractivity contribution in [2.75, 3.05) is 25.5 Å². The largest absolute Gasteiger partial charge is 0.496 e. The van der Waals surface area contributed by atoms with Crippen molar-refractivity contribution in [2.45, 2.75) is 52.2 Å². The number of benzene rings is 1. The fourth-order valence-corrected chi connectivity index (χ4v) is 5.23. The zero-order chi connectivity index (χ0) is 26.6. The quantitative estimate of drug-likeness (QED) is 0.348. The van der Waals surface area contributed by atoms with Crippen LogP contribution in [0.2, 0.25) is 0 Å². The molecular formula is C27H34N6O3S. The number of ether oxygens (including phenoxy) is 2. The molecule has 0 atom stereocenters. The molecule has 0 radical (unpaired) electrons. The van der Waals surface area contributed by atoms with E-state index in [1.165, 1.54) is 6.21 Å². The number of nitrogens with zero attached hydrogens (tertiary/aromatic N) is 3. The summed E-state index contributed by atoms with van der Waals surface area (Å²) in [7, 11) is 1.67. The Bertz CT molecular complexity index is 1310. The van der Waals surface area contributed by atoms with Crippen molar-refractivity contribution in [3.8, 4) is 16.9 Å². The lowest BCUT2D eigenvalue weighted by Crippen LogP contribution is -2.45. The predicted molar refractivity (Wildman–Crippen MR) is 149 cm³/mol. The molecule has 0 saturated carbocycles. The number of carbonyl (C=O) groups is 1. The lowest BCUT2D eigenvalue weighted by Gasteiger charge is -2.33. The van der Waals surface area contributed by atoms with Crippen LogP contribution in [0, 0.1) is 12.3 Å². The van der Waals surface area contributed by atoms with Crippen molar-refractivity contribution in [3.63, 3.8) is 0 Å². The molecule has 1 aliphatic heterocycles. The number of likely N-dealkylation sites (tertiary alicyclic amines) is 1. The van der Waals surface area contributed by atoms with Crippen LogP contribution >= 0.6 is 11.3 Å². The van der Waals surface area contributed by atoms with E-state index in [9.17, 15) is 4.79 Å². The van der Waals surface area contributed by atoms with Crippen LogP contribution < -0.4 is 15.4 Å². The highest BCUT2D eigenvalue weighted by molar-refractivity contribution is 7.19. The lowest BCUT2D eigenvalue weighted by molar-refractivity contribution is 0.0201. The van der Waals surface area contributed by atoms with E-state index in [0.717, 1.165) is 44.8 Å². The molecule has 196 valence electrons. The molecule has 0 unspecified atom stereocenters. The van der Waals surface area contributed by atoms with Crippen molar-refractivity contribution in [3.05, 3.63) is 47.2 Å². The fourth-order valence-electron chi connectivity index (χ4n) is 4.24. The van der Waals surface area contributed by atoms with Gasteiger partial charge in [-0.05, 0) is 46.6 Å². The van der Waals surface area contributed by atoms with Crippen LogP contribution in [-0.4, -0.2) is 59.0 Å². The molecule has 0 aliphatic carbocycles. The Morgan fingerprint density at radius 1 is 1.24 bits per heavy atom. The SMILES string of the molecule is COc1ccccc1-c1c(C)sc2cnc(N/C(C=N)=C/NC3CCN(C(=O)OC(C)(C)C)CC3)nc12. The molecule has 0 spiro atoms. The lowest BCUT2D eigenvalue weighted by atomic mass is 10.0. The zero-order valence-corrected chi connectivity index (χ0v) is 22.7. The molecule has 37 heavy (non-hydrogen) atoms. The molecule has 2 aromatic heterocycles. The van der Waals surface area contributed by atoms with E-state index in [0.29, 0.717) is 24.7 Å². The summed E-state index contributed by atoms with van der Waals surface area (Å²) in [5.41, 5.74) is 2.90. The number of methoxy groups -OCH3 is 1. The van der Waals surface area contributed by atoms with Crippen molar-refractivity contribution in [1.29, 1.82) is 5.41 Å². The minimum Gasteiger partial charge on any atom is -0.496 e. The average molecular weight is 523 g/mol. The van der Waals surface area contributed by atoms with Gasteiger partial charge in [-0.1, -0.05) is 18.2 Å². The monoisotopic (exact) mass is 522 g/mol. The number of carbonyl (C=O) groups excluding carboxylic acids is 1. The average Bonchev–Trinajstić information content (AvgIpc) is 3.20. The van der Waals surface area contributed by atoms with Gasteiger partial charge >= 0.3 is 6.09 Å². The minimum atomic E-state index is -0.500. The van der Waals surface area contributed by atoms with Gasteiger partial charge in [0.15, 0.2) is 0 Å². The second-order valence-electron chi connectivity index (χ2n) is 9.92. The van der Waals surface area contributed by atoms with Crippen LogP contribution in [0.1, 0.15) is 38.5 Å². The Morgan fingerprint density at radius 3 is 2.65 bits per heavy atom. The Morgan fingerprint density at radius 2 is 1.97 bits per heavy atom. The molecule has 3 heterocycles. The van der Waals surface area contributed by atoms with E-state index in [4.69, 9.17) is 19.9 Å². The van der Waals surface area contributed by atoms with Crippen molar-refractivity contribution in [1.82, 2.24) is 20.2 Å². The van der Waals surface area contributed by atoms with Gasteiger partial charge in [0.1, 0.15) is 11.4 Å². The molecule has 1 amide bonds. The number of thiophene rings is 1. The summed E-state index contributed by atoms with van der Waals surface area (Å²) in [6.45, 7) is 8.93. The van der Waals surface area contributed by atoms with E-state index in [1.807, 2.05) is 51.2 Å². The highest BCUT2D eigenvalue weighted by atomic mass is 32.1. The minimum absolute atomic E-state index is 0.190. The number of para-hydroxylation sites is 1. The third-order valence-corrected chi connectivity index (χ3v) is 7.05. The second-order valence-corrected chi connectivity index (χ2v) is 11.2. The Balaban J connectivity index is 1.44. The number of hydrogen-bond acceptors (Lipinski definition) is 9. The number of aryl methyl sites for hydroxylation is 1. The summed E-state index contributed by atoms with van der Waals surface area (Å²) in [6.07, 6.45) is 6.12. The van der Waals surface area contributed by atoms with E-state index in [2.05, 4.69) is 22.5 Å². The Kier molecular flexibility index (Phi) is 7.97. The van der Waals surface area contributed by atoms with Crippen LogP contribution in [-0.2, 0) is 4.74 Å². The number of piperidine rings is 1. The number of fused-ring (bicyclic) bond motifs is 1. The molecule has 1 fully saturated rings. The van der Waals surface area contributed by atoms with Gasteiger partial charge in [-0.3, -0.25) is 0 Å². The van der Waals surface area contributed by atoms with E-state index < -0.39 is 5.60 Å². The highest BCUT2D eigenvalue weighted by Gasteiger charge is 2.26. The molecule has 9 nitrogen and oxygen atoms in total. The van der Waals surface area contributed by atoms with Gasteiger partial charge in [-0.15, -0.1) is 11.3 Å². The summed E-state index contributed by atoms with van der Waals surface area (Å²) in [5.74, 6) is 1.21. The predicted octanol–water partition coefficient (Wildman–Crippen LogP) is 5.57. The first-order valence-corrected chi connectivity index (χ1v) is 13.1. The van der Waals surface area contributed by atoms with Gasteiger partial charge in [0.2, 0.25) is 5.95 Å². The van der Waals surface area contributed by atoms with Gasteiger partial charge in [0, 0.05) is 47.5 Å². The number of nitrogens with one attached hydrogen (secondary N) is 3. The van der Waals surface area contributed by atoms with Gasteiger partial charge < -0.3 is 30.4 Å². The topological polar surface area (TPSA) is 112 Å². The first-order valence-electron chi connectivity index (χ1n) is 12.3. The van der Waals surface area contributed by atoms with Crippen LogP contribution in [0.25, 0.3) is 21.3 Å². The summed E-state index contributed by atoms with van der Waals surface area (Å²) in [5, 5.41) is 14.4. The summed E-state index contributed by atoms with van der Waals surface area (Å²) in [4.78, 5) is 24.4. The van der Waals surface area contributed by atoms with Crippen molar-refractivity contribution >= 4 is 39.8 Å². The number of anilines is 1. The summed E-state index contributed by atoms with van der Waals surface area (Å²) < 4.78 is 12.0. The van der Waals surface area contributed by atoms with Crippen LogP contribution in [0.4, 0.5) is 10.7 Å². The molecule has 0 bridgehead atoms. The molecular weight excluding hydrogens is 488 g/mol. The van der Waals surface area contributed by atoms with E-state index in [1.54, 1.807) is 29.5 Å². The number of amides is 1. The molecule has 10 heteroatoms. The maximum absolute atomic E-state index is 12.3. The first kappa shape index (κ1) is 26.4. The molecule has 1 saturated heterocycles. The van der Waals surface area contributed by atoms with Gasteiger partial charge in [0.05, 0.1) is 29.2 Å². The normalized spacial score (nSPS) is 14.9. The standard InChI is InChI=1S/C27H34N6O3S/c1-17-23(20-8-6-7-9-21(20)35-5)24-22(37-17)16-30-25(32-24)31-19(14-28)15-29-18-10-12-33(13-11-18)26(34)36-27(2,3)4/h6-9,14-16,18,28-29H,10-13H2,1-5H3,(H,30,31,32)/b19-15+,28-14?. The van der Waals surface area contributed by atoms with Gasteiger partial charge in [0.25, 0.3) is 0 Å². The van der Waals surface area contributed by atoms with E-state index in [-0.39, 0.29) is 12.1 Å². The maximum Gasteiger partial charge on any atom is 0.410 e. The van der Waals surface area contributed by atoms with Crippen molar-refractivity contribution < 1.29 is 14.3 Å². The Labute approximate surface area is 221 Å². The second kappa shape index (κ2) is 11.2. The third kappa shape index (κ3) is 6.37. The first-order chi connectivity index (χ1) is 17.7. The number of hydrogen-bond donors (Lipinski definition) is 3. The van der Waals surface area contributed by atoms with Crippen molar-refractivity contribution in [2.24, 2.45) is 0 Å². The number of allylic oxidation sites excluding steroid dienone is 1. The molecule has 3 N–H and O–H groups in total. The summed E-state index contributed by atoms with van der Waals surface area (Å²) in [6, 6.07) is 8.10. The molecule has 4 rings (SSSR count). The highest BCUT2D eigenvalue weighted by Crippen LogP contribution is 2.41. The smallest absolute Gasteiger partial charge is 0.410 e. The summed E-state index contributed by atoms with van der Waals surface area (Å²) >= 11 is 1.64. The van der Waals surface area contributed by atoms with Crippen LogP contribution in [0.3, 0.4) is 0 Å². The number of aromatic nitrogens is 2. The molecule has 1 aromatic carbocycles. The maximum atomic E-state index is 12.3. The fraction of sp³-hybridized carbons (Fsp3) is 0.407. The van der Waals surface area contributed by atoms with Gasteiger partial charge in [-0.2, -0.15) is 0 Å². The third-order valence-electron chi connectivity index (χ3n) is 6.02. The van der Waals surface area contributed by atoms with Gasteiger partial charge in [-0.25, -0.2) is 14.8 Å². The zero-order valence-electron chi connectivity index (χ0n) is 21.9. The molecule has 1 aliphatic rings. The van der Waals surface area contributed by atoms with E-state index >= 15 is 0 Å². The van der Waals surface area contributed by atoms with Crippen LogP contribution in [0.15, 0.2) is 42.4 Å². The van der Waals surface area contributed by atoms with Crippen LogP contribution in [0.5, 0.6) is 5.75 Å². The molecule has 3 aromatic rings.